The molecule has 0 aliphatic carbocycles. The van der Waals surface area contributed by atoms with Crippen molar-refractivity contribution in [2.75, 3.05) is 33.9 Å². The molecular weight excluding hydrogens is 372 g/mol. The van der Waals surface area contributed by atoms with Gasteiger partial charge in [-0.2, -0.15) is 0 Å². The van der Waals surface area contributed by atoms with Crippen LogP contribution in [-0.2, 0) is 4.79 Å². The molecule has 0 aromatic heterocycles. The summed E-state index contributed by atoms with van der Waals surface area (Å²) in [6, 6.07) is 0. The van der Waals surface area contributed by atoms with Gasteiger partial charge in [-0.1, -0.05) is 0 Å². The molecule has 0 saturated heterocycles. The molecule has 0 aromatic carbocycles. The Morgan fingerprint density at radius 1 is 0.741 bits per heavy atom. The van der Waals surface area contributed by atoms with Crippen LogP contribution < -0.4 is 11.1 Å². The van der Waals surface area contributed by atoms with E-state index >= 15 is 0 Å². The largest absolute Gasteiger partial charge is 0.394 e. The lowest BCUT2D eigenvalue weighted by molar-refractivity contribution is -0.136. The van der Waals surface area contributed by atoms with Crippen molar-refractivity contribution in [2.45, 2.75) is 48.8 Å². The number of nitrogens with two attached hydrogens (primary N) is 1. The van der Waals surface area contributed by atoms with Crippen molar-refractivity contribution in [2.24, 2.45) is 5.73 Å². The number of hydrogen-bond acceptors (Lipinski definition) is 13. The van der Waals surface area contributed by atoms with Gasteiger partial charge in [0, 0.05) is 6.54 Å². The summed E-state index contributed by atoms with van der Waals surface area (Å²) >= 11 is 0. The van der Waals surface area contributed by atoms with Gasteiger partial charge in [0.05, 0.1) is 19.3 Å². The van der Waals surface area contributed by atoms with Crippen LogP contribution in [0, 0.1) is 0 Å². The van der Waals surface area contributed by atoms with E-state index in [0.717, 1.165) is 0 Å². The van der Waals surface area contributed by atoms with Gasteiger partial charge < -0.3 is 66.9 Å². The smallest absolute Gasteiger partial charge is 0.151 e. The number of aliphatic hydroxyl groups excluding tert-OH is 10. The van der Waals surface area contributed by atoms with Crippen molar-refractivity contribution in [3.05, 3.63) is 0 Å². The Hall–Kier alpha value is -0.810. The van der Waals surface area contributed by atoms with Crippen molar-refractivity contribution in [3.63, 3.8) is 0 Å². The highest BCUT2D eigenvalue weighted by atomic mass is 16.4. The van der Waals surface area contributed by atoms with Crippen molar-refractivity contribution in [3.8, 4) is 0 Å². The molecule has 0 fully saturated rings. The lowest BCUT2D eigenvalue weighted by atomic mass is 10.0. The molecule has 13 nitrogen and oxygen atoms in total. The summed E-state index contributed by atoms with van der Waals surface area (Å²) in [4.78, 5) is 9.90. The predicted molar refractivity (Wildman–Crippen MR) is 92.3 cm³/mol. The standard InChI is InChI=1S/C7H17NO5.C6H12O6.CH5N/c1-8-2-4(10)6(12)7(13)5(11)3-9;7-1-3(9)5(11)6(12)4(10)2-8;1-2/h4-13H,2-3H2,1H3;1,3-6,8-12H,2H2;2H2,1H3/t4-,5+,6+,7+;3-,4+,5+,6+;/m00./s1. The van der Waals surface area contributed by atoms with Gasteiger partial charge in [0.1, 0.15) is 42.7 Å². The Labute approximate surface area is 156 Å². The third kappa shape index (κ3) is 13.1. The summed E-state index contributed by atoms with van der Waals surface area (Å²) < 4.78 is 0. The first kappa shape index (κ1) is 30.9. The number of carbonyl (C=O) groups excluding carboxylic acids is 1. The molecule has 0 saturated carbocycles. The lowest BCUT2D eigenvalue weighted by Gasteiger charge is -2.25. The Bertz CT molecular complexity index is 340. The highest BCUT2D eigenvalue weighted by Crippen LogP contribution is 2.04. The van der Waals surface area contributed by atoms with Crippen molar-refractivity contribution >= 4 is 6.29 Å². The van der Waals surface area contributed by atoms with E-state index < -0.39 is 62.0 Å². The second-order valence-electron chi connectivity index (χ2n) is 5.21. The number of aldehydes is 1. The molecule has 0 aliphatic rings. The van der Waals surface area contributed by atoms with E-state index in [1.54, 1.807) is 7.05 Å². The van der Waals surface area contributed by atoms with E-state index in [1.807, 2.05) is 0 Å². The molecule has 0 heterocycles. The fourth-order valence-electron chi connectivity index (χ4n) is 1.51. The molecule has 27 heavy (non-hydrogen) atoms. The second-order valence-corrected chi connectivity index (χ2v) is 5.21. The minimum absolute atomic E-state index is 0.0258. The molecule has 13 N–H and O–H groups in total. The predicted octanol–water partition coefficient (Wildman–Crippen LogP) is -7.16. The number of likely N-dealkylation sites (N-methyl/N-ethyl adjacent to an activating group) is 1. The molecule has 0 unspecified atom stereocenters. The third-order valence-corrected chi connectivity index (χ3v) is 3.16. The molecular formula is C14H34N2O11. The Balaban J connectivity index is -0.000000391. The fraction of sp³-hybridized carbons (Fsp3) is 0.929. The molecule has 0 radical (unpaired) electrons. The summed E-state index contributed by atoms with van der Waals surface area (Å²) in [7, 11) is 3.07. The van der Waals surface area contributed by atoms with Gasteiger partial charge in [-0.25, -0.2) is 0 Å². The summed E-state index contributed by atoms with van der Waals surface area (Å²) in [5, 5.41) is 91.0. The van der Waals surface area contributed by atoms with Gasteiger partial charge in [0.2, 0.25) is 0 Å². The van der Waals surface area contributed by atoms with Crippen molar-refractivity contribution in [1.29, 1.82) is 0 Å². The summed E-state index contributed by atoms with van der Waals surface area (Å²) in [6.07, 6.45) is -12.5. The highest BCUT2D eigenvalue weighted by Gasteiger charge is 2.30. The normalized spacial score (nSPS) is 19.6. The summed E-state index contributed by atoms with van der Waals surface area (Å²) in [5.41, 5.74) is 4.50. The van der Waals surface area contributed by atoms with Gasteiger partial charge in [0.15, 0.2) is 6.29 Å². The first-order chi connectivity index (χ1) is 12.6. The van der Waals surface area contributed by atoms with E-state index in [4.69, 9.17) is 46.0 Å². The Morgan fingerprint density at radius 2 is 1.07 bits per heavy atom. The molecule has 0 aromatic rings. The zero-order valence-electron chi connectivity index (χ0n) is 15.3. The SMILES string of the molecule is CN.CNC[C@H](O)[C@@H](O)[C@H](O)[C@H](O)CO.O=C[C@H](O)[C@@H](O)[C@H](O)[C@H](O)CO. The minimum atomic E-state index is -1.79. The van der Waals surface area contributed by atoms with Crippen LogP contribution in [0.1, 0.15) is 0 Å². The quantitative estimate of drug-likeness (QED) is 0.142. The van der Waals surface area contributed by atoms with Crippen LogP contribution in [0.4, 0.5) is 0 Å². The number of rotatable bonds is 11. The molecule has 166 valence electrons. The number of aliphatic hydroxyl groups is 10. The van der Waals surface area contributed by atoms with Crippen molar-refractivity contribution < 1.29 is 55.9 Å². The number of carbonyl (C=O) groups is 1. The van der Waals surface area contributed by atoms with Crippen LogP contribution in [0.3, 0.4) is 0 Å². The zero-order valence-corrected chi connectivity index (χ0v) is 15.3. The summed E-state index contributed by atoms with van der Waals surface area (Å²) in [6.45, 7) is -1.33. The van der Waals surface area contributed by atoms with Crippen LogP contribution in [0.2, 0.25) is 0 Å². The summed E-state index contributed by atoms with van der Waals surface area (Å²) in [5.74, 6) is 0. The van der Waals surface area contributed by atoms with Gasteiger partial charge in [0.25, 0.3) is 0 Å². The zero-order chi connectivity index (χ0) is 22.2. The first-order valence-electron chi connectivity index (χ1n) is 7.92. The Kier molecular flexibility index (Phi) is 21.2. The fourth-order valence-corrected chi connectivity index (χ4v) is 1.51. The molecule has 0 aliphatic heterocycles. The average molecular weight is 406 g/mol. The molecule has 0 rings (SSSR count). The Morgan fingerprint density at radius 3 is 1.37 bits per heavy atom. The van der Waals surface area contributed by atoms with E-state index in [9.17, 15) is 9.90 Å². The van der Waals surface area contributed by atoms with Crippen LogP contribution in [0.5, 0.6) is 0 Å². The van der Waals surface area contributed by atoms with Crippen LogP contribution >= 0.6 is 0 Å². The lowest BCUT2D eigenvalue weighted by Crippen LogP contribution is -2.48. The van der Waals surface area contributed by atoms with E-state index in [-0.39, 0.29) is 12.8 Å². The van der Waals surface area contributed by atoms with Gasteiger partial charge in [-0.05, 0) is 14.1 Å². The van der Waals surface area contributed by atoms with Gasteiger partial charge in [-0.15, -0.1) is 0 Å². The molecule has 13 heteroatoms. The minimum Gasteiger partial charge on any atom is -0.394 e. The van der Waals surface area contributed by atoms with E-state index in [1.165, 1.54) is 7.05 Å². The van der Waals surface area contributed by atoms with E-state index in [0.29, 0.717) is 0 Å². The van der Waals surface area contributed by atoms with Crippen LogP contribution in [0.15, 0.2) is 0 Å². The first-order valence-corrected chi connectivity index (χ1v) is 7.92. The average Bonchev–Trinajstić information content (AvgIpc) is 2.71. The molecule has 0 amide bonds. The molecule has 0 bridgehead atoms. The van der Waals surface area contributed by atoms with Crippen LogP contribution in [-0.4, -0.2) is 140 Å². The molecule has 0 spiro atoms. The number of nitrogens with one attached hydrogen (secondary N) is 1. The second kappa shape index (κ2) is 18.5. The monoisotopic (exact) mass is 406 g/mol. The topological polar surface area (TPSA) is 257 Å². The maximum atomic E-state index is 9.90. The van der Waals surface area contributed by atoms with Gasteiger partial charge >= 0.3 is 0 Å². The van der Waals surface area contributed by atoms with E-state index in [2.05, 4.69) is 11.1 Å². The van der Waals surface area contributed by atoms with Crippen molar-refractivity contribution in [1.82, 2.24) is 5.32 Å². The maximum Gasteiger partial charge on any atom is 0.151 e. The van der Waals surface area contributed by atoms with Gasteiger partial charge in [-0.3, -0.25) is 0 Å². The molecule has 8 atom stereocenters. The third-order valence-electron chi connectivity index (χ3n) is 3.16. The van der Waals surface area contributed by atoms with Crippen LogP contribution in [0.25, 0.3) is 0 Å². The number of hydrogen-bond donors (Lipinski definition) is 12. The highest BCUT2D eigenvalue weighted by molar-refractivity contribution is 5.56. The maximum absolute atomic E-state index is 9.90.